The number of benzene rings is 1. The number of rotatable bonds is 6. The van der Waals surface area contributed by atoms with E-state index in [2.05, 4.69) is 27.9 Å². The van der Waals surface area contributed by atoms with Crippen LogP contribution in [0.5, 0.6) is 0 Å². The molecule has 3 nitrogen and oxygen atoms in total. The van der Waals surface area contributed by atoms with Crippen LogP contribution in [0.25, 0.3) is 0 Å². The number of carbonyl (C=O) groups excluding carboxylic acids is 1. The molecule has 0 spiro atoms. The van der Waals surface area contributed by atoms with E-state index in [-0.39, 0.29) is 5.91 Å². The normalized spacial score (nSPS) is 10.1. The maximum atomic E-state index is 11.7. The van der Waals surface area contributed by atoms with E-state index >= 15 is 0 Å². The van der Waals surface area contributed by atoms with Crippen molar-refractivity contribution >= 4 is 28.5 Å². The van der Waals surface area contributed by atoms with Gasteiger partial charge in [0.15, 0.2) is 0 Å². The second kappa shape index (κ2) is 7.62. The minimum atomic E-state index is -0.0125. The van der Waals surface area contributed by atoms with Crippen LogP contribution >= 0.6 is 22.6 Å². The van der Waals surface area contributed by atoms with E-state index < -0.39 is 0 Å². The number of carbonyl (C=O) groups is 1. The number of ether oxygens (including phenoxy) is 1. The van der Waals surface area contributed by atoms with Gasteiger partial charge in [0.1, 0.15) is 0 Å². The molecule has 0 aliphatic heterocycles. The molecule has 0 atom stereocenters. The molecule has 0 saturated heterocycles. The summed E-state index contributed by atoms with van der Waals surface area (Å²) in [5.74, 6) is -0.0125. The smallest absolute Gasteiger partial charge is 0.252 e. The molecule has 0 bridgehead atoms. The van der Waals surface area contributed by atoms with Gasteiger partial charge in [-0.15, -0.1) is 0 Å². The zero-order valence-corrected chi connectivity index (χ0v) is 11.5. The zero-order chi connectivity index (χ0) is 11.8. The van der Waals surface area contributed by atoms with Crippen LogP contribution in [0.1, 0.15) is 23.7 Å². The quantitative estimate of drug-likeness (QED) is 0.642. The van der Waals surface area contributed by atoms with E-state index in [0.717, 1.165) is 22.2 Å². The summed E-state index contributed by atoms with van der Waals surface area (Å²) >= 11 is 2.16. The van der Waals surface area contributed by atoms with Gasteiger partial charge in [0, 0.05) is 23.3 Å². The lowest BCUT2D eigenvalue weighted by atomic mass is 10.2. The second-order valence-electron chi connectivity index (χ2n) is 3.29. The van der Waals surface area contributed by atoms with Crippen LogP contribution in [0.2, 0.25) is 0 Å². The summed E-state index contributed by atoms with van der Waals surface area (Å²) in [7, 11) is 0. The first-order chi connectivity index (χ1) is 7.75. The Morgan fingerprint density at radius 3 is 2.88 bits per heavy atom. The summed E-state index contributed by atoms with van der Waals surface area (Å²) in [5.41, 5.74) is 0.736. The summed E-state index contributed by atoms with van der Waals surface area (Å²) in [6.45, 7) is 4.04. The molecule has 0 saturated carbocycles. The Hall–Kier alpha value is -0.620. The highest BCUT2D eigenvalue weighted by atomic mass is 127. The highest BCUT2D eigenvalue weighted by molar-refractivity contribution is 14.1. The molecule has 16 heavy (non-hydrogen) atoms. The number of hydrogen-bond acceptors (Lipinski definition) is 2. The molecular formula is C12H16INO2. The predicted octanol–water partition coefficient (Wildman–Crippen LogP) is 2.45. The maximum absolute atomic E-state index is 11.7. The van der Waals surface area contributed by atoms with Crippen molar-refractivity contribution in [1.82, 2.24) is 5.32 Å². The van der Waals surface area contributed by atoms with Crippen LogP contribution < -0.4 is 5.32 Å². The van der Waals surface area contributed by atoms with E-state index in [1.807, 2.05) is 31.2 Å². The number of nitrogens with one attached hydrogen (secondary N) is 1. The van der Waals surface area contributed by atoms with Crippen molar-refractivity contribution in [3.8, 4) is 0 Å². The van der Waals surface area contributed by atoms with Gasteiger partial charge in [0.25, 0.3) is 5.91 Å². The molecule has 1 N–H and O–H groups in total. The third kappa shape index (κ3) is 4.49. The molecule has 1 amide bonds. The van der Waals surface area contributed by atoms with Gasteiger partial charge in [-0.25, -0.2) is 0 Å². The molecular weight excluding hydrogens is 317 g/mol. The first kappa shape index (κ1) is 13.4. The zero-order valence-electron chi connectivity index (χ0n) is 9.33. The molecule has 0 radical (unpaired) electrons. The molecule has 0 aromatic heterocycles. The molecule has 0 fully saturated rings. The number of amides is 1. The van der Waals surface area contributed by atoms with Gasteiger partial charge in [-0.3, -0.25) is 4.79 Å². The lowest BCUT2D eigenvalue weighted by Gasteiger charge is -2.06. The van der Waals surface area contributed by atoms with Gasteiger partial charge >= 0.3 is 0 Å². The van der Waals surface area contributed by atoms with Gasteiger partial charge in [-0.05, 0) is 48.1 Å². The van der Waals surface area contributed by atoms with Gasteiger partial charge in [-0.1, -0.05) is 12.1 Å². The summed E-state index contributed by atoms with van der Waals surface area (Å²) in [6.07, 6.45) is 0.850. The minimum Gasteiger partial charge on any atom is -0.382 e. The Labute approximate surface area is 110 Å². The molecule has 0 unspecified atom stereocenters. The second-order valence-corrected chi connectivity index (χ2v) is 4.45. The Kier molecular flexibility index (Phi) is 6.40. The van der Waals surface area contributed by atoms with Gasteiger partial charge in [-0.2, -0.15) is 0 Å². The third-order valence-corrected chi connectivity index (χ3v) is 3.01. The van der Waals surface area contributed by atoms with E-state index in [4.69, 9.17) is 4.74 Å². The van der Waals surface area contributed by atoms with Crippen molar-refractivity contribution in [3.05, 3.63) is 33.4 Å². The minimum absolute atomic E-state index is 0.0125. The molecule has 1 rings (SSSR count). The van der Waals surface area contributed by atoms with Crippen molar-refractivity contribution in [3.63, 3.8) is 0 Å². The van der Waals surface area contributed by atoms with E-state index in [9.17, 15) is 4.79 Å². The van der Waals surface area contributed by atoms with E-state index in [1.54, 1.807) is 0 Å². The number of halogens is 1. The first-order valence-electron chi connectivity index (χ1n) is 5.36. The molecule has 0 aliphatic carbocycles. The lowest BCUT2D eigenvalue weighted by molar-refractivity contribution is 0.0943. The van der Waals surface area contributed by atoms with Crippen molar-refractivity contribution in [1.29, 1.82) is 0 Å². The summed E-state index contributed by atoms with van der Waals surface area (Å²) in [5, 5.41) is 2.87. The fraction of sp³-hybridized carbons (Fsp3) is 0.417. The highest BCUT2D eigenvalue weighted by Gasteiger charge is 2.07. The Balaban J connectivity index is 2.33. The SMILES string of the molecule is CCOCCCNC(=O)c1ccccc1I. The predicted molar refractivity (Wildman–Crippen MR) is 72.6 cm³/mol. The largest absolute Gasteiger partial charge is 0.382 e. The maximum Gasteiger partial charge on any atom is 0.252 e. The molecule has 88 valence electrons. The van der Waals surface area contributed by atoms with E-state index in [0.29, 0.717) is 13.2 Å². The van der Waals surface area contributed by atoms with Gasteiger partial charge in [0.05, 0.1) is 5.56 Å². The fourth-order valence-corrected chi connectivity index (χ4v) is 1.89. The van der Waals surface area contributed by atoms with Crippen LogP contribution in [0.15, 0.2) is 24.3 Å². The average molecular weight is 333 g/mol. The average Bonchev–Trinajstić information content (AvgIpc) is 2.29. The Morgan fingerprint density at radius 2 is 2.19 bits per heavy atom. The summed E-state index contributed by atoms with van der Waals surface area (Å²) in [4.78, 5) is 11.7. The molecule has 1 aromatic carbocycles. The van der Waals surface area contributed by atoms with Crippen LogP contribution in [-0.4, -0.2) is 25.7 Å². The summed E-state index contributed by atoms with van der Waals surface area (Å²) < 4.78 is 6.17. The van der Waals surface area contributed by atoms with Gasteiger partial charge < -0.3 is 10.1 Å². The third-order valence-electron chi connectivity index (χ3n) is 2.07. The van der Waals surface area contributed by atoms with Crippen LogP contribution in [0, 0.1) is 3.57 Å². The molecule has 0 heterocycles. The van der Waals surface area contributed by atoms with Crippen molar-refractivity contribution in [2.75, 3.05) is 19.8 Å². The van der Waals surface area contributed by atoms with Crippen molar-refractivity contribution < 1.29 is 9.53 Å². The fourth-order valence-electron chi connectivity index (χ4n) is 1.26. The first-order valence-corrected chi connectivity index (χ1v) is 6.44. The van der Waals surface area contributed by atoms with Crippen LogP contribution in [0.3, 0.4) is 0 Å². The van der Waals surface area contributed by atoms with E-state index in [1.165, 1.54) is 0 Å². The standard InChI is InChI=1S/C12H16INO2/c1-2-16-9-5-8-14-12(15)10-6-3-4-7-11(10)13/h3-4,6-7H,2,5,8-9H2,1H3,(H,14,15). The van der Waals surface area contributed by atoms with Gasteiger partial charge in [0.2, 0.25) is 0 Å². The Bertz CT molecular complexity index is 342. The van der Waals surface area contributed by atoms with Crippen molar-refractivity contribution in [2.24, 2.45) is 0 Å². The van der Waals surface area contributed by atoms with Crippen LogP contribution in [0.4, 0.5) is 0 Å². The van der Waals surface area contributed by atoms with Crippen LogP contribution in [-0.2, 0) is 4.74 Å². The topological polar surface area (TPSA) is 38.3 Å². The summed E-state index contributed by atoms with van der Waals surface area (Å²) in [6, 6.07) is 7.56. The molecule has 4 heteroatoms. The monoisotopic (exact) mass is 333 g/mol. The molecule has 1 aromatic rings. The lowest BCUT2D eigenvalue weighted by Crippen LogP contribution is -2.25. The highest BCUT2D eigenvalue weighted by Crippen LogP contribution is 2.10. The molecule has 0 aliphatic rings. The number of hydrogen-bond donors (Lipinski definition) is 1. The Morgan fingerprint density at radius 1 is 1.44 bits per heavy atom. The van der Waals surface area contributed by atoms with Crippen molar-refractivity contribution in [2.45, 2.75) is 13.3 Å².